The van der Waals surface area contributed by atoms with Gasteiger partial charge in [0.1, 0.15) is 5.54 Å². The molecule has 4 heterocycles. The van der Waals surface area contributed by atoms with E-state index >= 15 is 0 Å². The number of amides is 3. The number of nitrogens with zero attached hydrogens (tertiary/aromatic N) is 2. The SMILES string of the molecule is O=C1[C@@H]2[C@@H]3CCCN3[C@]3(C(=O)Nc4ccccc43)[C@H]2C(=O)N1Cc1ccccc1. The molecule has 0 saturated carbocycles. The lowest BCUT2D eigenvalue weighted by Gasteiger charge is -2.36. The van der Waals surface area contributed by atoms with Gasteiger partial charge in [0.15, 0.2) is 0 Å². The Morgan fingerprint density at radius 3 is 2.55 bits per heavy atom. The normalized spacial score (nSPS) is 32.6. The molecule has 4 aliphatic rings. The first-order valence-electron chi connectivity index (χ1n) is 10.2. The van der Waals surface area contributed by atoms with Crippen LogP contribution in [0.4, 0.5) is 5.69 Å². The van der Waals surface area contributed by atoms with E-state index in [4.69, 9.17) is 0 Å². The molecule has 1 N–H and O–H groups in total. The van der Waals surface area contributed by atoms with Crippen LogP contribution < -0.4 is 5.32 Å². The molecule has 146 valence electrons. The number of fused-ring (bicyclic) bond motifs is 7. The molecule has 0 radical (unpaired) electrons. The summed E-state index contributed by atoms with van der Waals surface area (Å²) in [7, 11) is 0. The van der Waals surface area contributed by atoms with Gasteiger partial charge in [0.25, 0.3) is 0 Å². The summed E-state index contributed by atoms with van der Waals surface area (Å²) in [6.45, 7) is 0.996. The zero-order valence-corrected chi connectivity index (χ0v) is 15.9. The number of rotatable bonds is 2. The molecule has 0 aromatic heterocycles. The predicted molar refractivity (Wildman–Crippen MR) is 105 cm³/mol. The number of benzene rings is 2. The van der Waals surface area contributed by atoms with Crippen molar-refractivity contribution in [3.8, 4) is 0 Å². The maximum absolute atomic E-state index is 13.6. The van der Waals surface area contributed by atoms with Crippen molar-refractivity contribution in [2.75, 3.05) is 11.9 Å². The van der Waals surface area contributed by atoms with Gasteiger partial charge in [0.05, 0.1) is 18.4 Å². The van der Waals surface area contributed by atoms with Crippen molar-refractivity contribution in [3.05, 3.63) is 65.7 Å². The van der Waals surface area contributed by atoms with Gasteiger partial charge < -0.3 is 5.32 Å². The minimum absolute atomic E-state index is 0.0610. The summed E-state index contributed by atoms with van der Waals surface area (Å²) in [6, 6.07) is 17.1. The molecule has 2 aromatic rings. The summed E-state index contributed by atoms with van der Waals surface area (Å²) in [4.78, 5) is 44.1. The summed E-state index contributed by atoms with van der Waals surface area (Å²) in [5.41, 5.74) is 1.45. The molecule has 29 heavy (non-hydrogen) atoms. The van der Waals surface area contributed by atoms with Crippen molar-refractivity contribution < 1.29 is 14.4 Å². The summed E-state index contributed by atoms with van der Waals surface area (Å²) in [5.74, 6) is -1.63. The first-order chi connectivity index (χ1) is 14.1. The van der Waals surface area contributed by atoms with Crippen LogP contribution in [0.3, 0.4) is 0 Å². The van der Waals surface area contributed by atoms with E-state index in [9.17, 15) is 14.4 Å². The second kappa shape index (κ2) is 5.76. The van der Waals surface area contributed by atoms with Crippen LogP contribution in [0.15, 0.2) is 54.6 Å². The van der Waals surface area contributed by atoms with Crippen molar-refractivity contribution in [1.29, 1.82) is 0 Å². The van der Waals surface area contributed by atoms with Crippen molar-refractivity contribution in [2.24, 2.45) is 11.8 Å². The molecule has 3 amide bonds. The van der Waals surface area contributed by atoms with Crippen molar-refractivity contribution in [3.63, 3.8) is 0 Å². The van der Waals surface area contributed by atoms with Gasteiger partial charge in [-0.05, 0) is 31.0 Å². The van der Waals surface area contributed by atoms with E-state index in [1.54, 1.807) is 0 Å². The molecule has 3 saturated heterocycles. The first kappa shape index (κ1) is 16.9. The smallest absolute Gasteiger partial charge is 0.250 e. The minimum atomic E-state index is -1.07. The minimum Gasteiger partial charge on any atom is -0.324 e. The first-order valence-corrected chi connectivity index (χ1v) is 10.2. The zero-order valence-electron chi connectivity index (χ0n) is 15.9. The molecular weight excluding hydrogens is 366 g/mol. The van der Waals surface area contributed by atoms with Gasteiger partial charge in [-0.15, -0.1) is 0 Å². The molecule has 0 unspecified atom stereocenters. The molecule has 6 nitrogen and oxygen atoms in total. The molecule has 3 fully saturated rings. The van der Waals surface area contributed by atoms with Gasteiger partial charge in [0.2, 0.25) is 17.7 Å². The third kappa shape index (κ3) is 1.97. The van der Waals surface area contributed by atoms with E-state index in [0.29, 0.717) is 0 Å². The number of imide groups is 1. The van der Waals surface area contributed by atoms with Gasteiger partial charge in [-0.25, -0.2) is 0 Å². The molecule has 4 atom stereocenters. The Bertz CT molecular complexity index is 1050. The third-order valence-corrected chi connectivity index (χ3v) is 7.17. The van der Waals surface area contributed by atoms with Crippen LogP contribution >= 0.6 is 0 Å². The van der Waals surface area contributed by atoms with Crippen LogP contribution in [-0.4, -0.2) is 40.1 Å². The largest absolute Gasteiger partial charge is 0.324 e. The quantitative estimate of drug-likeness (QED) is 0.802. The van der Waals surface area contributed by atoms with Gasteiger partial charge in [0, 0.05) is 17.3 Å². The number of para-hydroxylation sites is 1. The Balaban J connectivity index is 1.49. The second-order valence-corrected chi connectivity index (χ2v) is 8.42. The summed E-state index contributed by atoms with van der Waals surface area (Å²) >= 11 is 0. The number of carbonyl (C=O) groups is 3. The summed E-state index contributed by atoms with van der Waals surface area (Å²) in [5, 5.41) is 2.99. The lowest BCUT2D eigenvalue weighted by atomic mass is 9.75. The van der Waals surface area contributed by atoms with Gasteiger partial charge >= 0.3 is 0 Å². The molecule has 6 rings (SSSR count). The average Bonchev–Trinajstić information content (AvgIpc) is 3.44. The Labute approximate surface area is 168 Å². The topological polar surface area (TPSA) is 69.7 Å². The number of nitrogens with one attached hydrogen (secondary N) is 1. The van der Waals surface area contributed by atoms with Crippen LogP contribution in [0, 0.1) is 11.8 Å². The number of anilines is 1. The van der Waals surface area contributed by atoms with Crippen LogP contribution in [-0.2, 0) is 26.5 Å². The highest BCUT2D eigenvalue weighted by molar-refractivity contribution is 6.15. The Hall–Kier alpha value is -2.99. The molecular formula is C23H21N3O3. The molecule has 0 aliphatic carbocycles. The highest BCUT2D eigenvalue weighted by Crippen LogP contribution is 2.60. The number of hydrogen-bond acceptors (Lipinski definition) is 4. The van der Waals surface area contributed by atoms with Crippen molar-refractivity contribution in [1.82, 2.24) is 9.80 Å². The fourth-order valence-corrected chi connectivity index (χ4v) is 6.14. The Kier molecular flexibility index (Phi) is 3.36. The lowest BCUT2D eigenvalue weighted by Crippen LogP contribution is -2.54. The van der Waals surface area contributed by atoms with E-state index in [1.807, 2.05) is 54.6 Å². The van der Waals surface area contributed by atoms with Gasteiger partial charge in [-0.1, -0.05) is 48.5 Å². The van der Waals surface area contributed by atoms with Gasteiger partial charge in [-0.3, -0.25) is 24.2 Å². The number of hydrogen-bond donors (Lipinski definition) is 1. The Morgan fingerprint density at radius 1 is 0.966 bits per heavy atom. The van der Waals surface area contributed by atoms with E-state index in [-0.39, 0.29) is 30.3 Å². The molecule has 6 heteroatoms. The Morgan fingerprint density at radius 2 is 1.72 bits per heavy atom. The molecule has 1 spiro atoms. The standard InChI is InChI=1S/C23H21N3O3/c27-20-18-17-11-6-12-26(17)23(15-9-4-5-10-16(15)24-22(23)29)19(18)21(28)25(20)13-14-7-2-1-3-8-14/h1-5,7-10,17-19H,6,11-13H2,(H,24,29)/t17-,18+,19+,23-/m0/s1. The van der Waals surface area contributed by atoms with Crippen molar-refractivity contribution >= 4 is 23.4 Å². The van der Waals surface area contributed by atoms with E-state index < -0.39 is 17.4 Å². The van der Waals surface area contributed by atoms with Gasteiger partial charge in [-0.2, -0.15) is 0 Å². The van der Waals surface area contributed by atoms with Crippen molar-refractivity contribution in [2.45, 2.75) is 31.0 Å². The number of carbonyl (C=O) groups excluding carboxylic acids is 3. The fraction of sp³-hybridized carbons (Fsp3) is 0.348. The maximum atomic E-state index is 13.6. The number of likely N-dealkylation sites (tertiary alicyclic amines) is 1. The summed E-state index contributed by atoms with van der Waals surface area (Å²) in [6.07, 6.45) is 1.78. The van der Waals surface area contributed by atoms with Crippen LogP contribution in [0.2, 0.25) is 0 Å². The van der Waals surface area contributed by atoms with E-state index in [1.165, 1.54) is 4.90 Å². The maximum Gasteiger partial charge on any atom is 0.250 e. The monoisotopic (exact) mass is 387 g/mol. The van der Waals surface area contributed by atoms with E-state index in [0.717, 1.165) is 36.2 Å². The third-order valence-electron chi connectivity index (χ3n) is 7.17. The molecule has 0 bridgehead atoms. The fourth-order valence-electron chi connectivity index (χ4n) is 6.14. The highest BCUT2D eigenvalue weighted by atomic mass is 16.2. The zero-order chi connectivity index (χ0) is 19.8. The lowest BCUT2D eigenvalue weighted by molar-refractivity contribution is -0.146. The average molecular weight is 387 g/mol. The summed E-state index contributed by atoms with van der Waals surface area (Å²) < 4.78 is 0. The van der Waals surface area contributed by atoms with Crippen LogP contribution in [0.25, 0.3) is 0 Å². The van der Waals surface area contributed by atoms with Crippen LogP contribution in [0.5, 0.6) is 0 Å². The predicted octanol–water partition coefficient (Wildman–Crippen LogP) is 2.11. The molecule has 4 aliphatic heterocycles. The highest BCUT2D eigenvalue weighted by Gasteiger charge is 2.74. The van der Waals surface area contributed by atoms with E-state index in [2.05, 4.69) is 10.2 Å². The van der Waals surface area contributed by atoms with Crippen LogP contribution in [0.1, 0.15) is 24.0 Å². The second-order valence-electron chi connectivity index (χ2n) is 8.42. The molecule has 2 aromatic carbocycles.